The molecule has 4 nitrogen and oxygen atoms in total. The summed E-state index contributed by atoms with van der Waals surface area (Å²) in [4.78, 5) is 10.1. The minimum atomic E-state index is -1.29. The average molecular weight is 194 g/mol. The number of carboxylic acid groups (broad SMARTS) is 1. The summed E-state index contributed by atoms with van der Waals surface area (Å²) >= 11 is 0. The molecule has 1 unspecified atom stereocenters. The fourth-order valence-corrected chi connectivity index (χ4v) is 1.29. The SMILES string of the molecule is CC(C)OCCS(=O)CC(=O)O. The molecule has 0 aliphatic carbocycles. The number of carbonyl (C=O) groups is 1. The van der Waals surface area contributed by atoms with Crippen LogP contribution in [0.5, 0.6) is 0 Å². The largest absolute Gasteiger partial charge is 0.481 e. The molecule has 1 N–H and O–H groups in total. The monoisotopic (exact) mass is 194 g/mol. The van der Waals surface area contributed by atoms with Gasteiger partial charge in [0.2, 0.25) is 0 Å². The Bertz CT molecular complexity index is 167. The van der Waals surface area contributed by atoms with Crippen LogP contribution in [0.1, 0.15) is 13.8 Å². The lowest BCUT2D eigenvalue weighted by molar-refractivity contribution is -0.133. The topological polar surface area (TPSA) is 63.6 Å². The highest BCUT2D eigenvalue weighted by molar-refractivity contribution is 7.85. The summed E-state index contributed by atoms with van der Waals surface area (Å²) in [6, 6.07) is 0. The number of aliphatic carboxylic acids is 1. The van der Waals surface area contributed by atoms with Crippen molar-refractivity contribution in [1.82, 2.24) is 0 Å². The maximum atomic E-state index is 10.9. The van der Waals surface area contributed by atoms with Crippen LogP contribution in [0.25, 0.3) is 0 Å². The maximum absolute atomic E-state index is 10.9. The molecule has 0 radical (unpaired) electrons. The predicted octanol–water partition coefficient (Wildman–Crippen LogP) is 0.245. The first-order chi connectivity index (χ1) is 5.52. The van der Waals surface area contributed by atoms with E-state index < -0.39 is 16.8 Å². The number of hydrogen-bond donors (Lipinski definition) is 1. The molecule has 0 amide bonds. The lowest BCUT2D eigenvalue weighted by atomic mass is 10.5. The molecular formula is C7H14O4S. The Morgan fingerprint density at radius 3 is 2.58 bits per heavy atom. The van der Waals surface area contributed by atoms with Crippen LogP contribution < -0.4 is 0 Å². The Hall–Kier alpha value is -0.420. The third-order valence-corrected chi connectivity index (χ3v) is 2.24. The maximum Gasteiger partial charge on any atom is 0.316 e. The van der Waals surface area contributed by atoms with Gasteiger partial charge in [0.25, 0.3) is 0 Å². The molecule has 5 heteroatoms. The second-order valence-electron chi connectivity index (χ2n) is 2.60. The molecule has 0 aromatic heterocycles. The summed E-state index contributed by atoms with van der Waals surface area (Å²) in [7, 11) is -1.29. The molecule has 0 rings (SSSR count). The Labute approximate surface area is 74.4 Å². The summed E-state index contributed by atoms with van der Waals surface area (Å²) in [6.45, 7) is 4.11. The lowest BCUT2D eigenvalue weighted by Gasteiger charge is -2.05. The van der Waals surface area contributed by atoms with E-state index in [1.54, 1.807) is 0 Å². The number of rotatable bonds is 6. The normalized spacial score (nSPS) is 13.2. The number of hydrogen-bond acceptors (Lipinski definition) is 3. The van der Waals surface area contributed by atoms with Crippen molar-refractivity contribution < 1.29 is 18.8 Å². The smallest absolute Gasteiger partial charge is 0.316 e. The highest BCUT2D eigenvalue weighted by Crippen LogP contribution is 1.89. The van der Waals surface area contributed by atoms with Gasteiger partial charge in [-0.1, -0.05) is 0 Å². The van der Waals surface area contributed by atoms with Crippen LogP contribution in [0, 0.1) is 0 Å². The second kappa shape index (κ2) is 6.14. The molecule has 0 spiro atoms. The predicted molar refractivity (Wildman–Crippen MR) is 46.6 cm³/mol. The van der Waals surface area contributed by atoms with Gasteiger partial charge in [-0.2, -0.15) is 0 Å². The first-order valence-corrected chi connectivity index (χ1v) is 5.19. The standard InChI is InChI=1S/C7H14O4S/c1-6(2)11-3-4-12(10)5-7(8)9/h6H,3-5H2,1-2H3,(H,8,9). The van der Waals surface area contributed by atoms with E-state index in [1.807, 2.05) is 13.8 Å². The van der Waals surface area contributed by atoms with Crippen molar-refractivity contribution in [1.29, 1.82) is 0 Å². The van der Waals surface area contributed by atoms with Gasteiger partial charge >= 0.3 is 5.97 Å². The molecule has 0 bridgehead atoms. The molecule has 12 heavy (non-hydrogen) atoms. The van der Waals surface area contributed by atoms with Gasteiger partial charge in [0.1, 0.15) is 5.75 Å². The first kappa shape index (κ1) is 11.6. The fourth-order valence-electron chi connectivity index (χ4n) is 0.587. The van der Waals surface area contributed by atoms with Gasteiger partial charge in [0.05, 0.1) is 12.7 Å². The molecular weight excluding hydrogens is 180 g/mol. The van der Waals surface area contributed by atoms with E-state index in [0.717, 1.165) is 0 Å². The van der Waals surface area contributed by atoms with Crippen molar-refractivity contribution in [2.75, 3.05) is 18.1 Å². The molecule has 0 aromatic carbocycles. The van der Waals surface area contributed by atoms with Crippen LogP contribution >= 0.6 is 0 Å². The summed E-state index contributed by atoms with van der Waals surface area (Å²) < 4.78 is 16.0. The second-order valence-corrected chi connectivity index (χ2v) is 4.18. The van der Waals surface area contributed by atoms with E-state index in [1.165, 1.54) is 0 Å². The van der Waals surface area contributed by atoms with Crippen molar-refractivity contribution in [3.05, 3.63) is 0 Å². The van der Waals surface area contributed by atoms with Crippen molar-refractivity contribution in [3.8, 4) is 0 Å². The zero-order valence-corrected chi connectivity index (χ0v) is 8.10. The Balaban J connectivity index is 3.38. The highest BCUT2D eigenvalue weighted by atomic mass is 32.2. The van der Waals surface area contributed by atoms with E-state index in [0.29, 0.717) is 12.4 Å². The molecule has 0 saturated carbocycles. The highest BCUT2D eigenvalue weighted by Gasteiger charge is 2.05. The molecule has 0 aliphatic heterocycles. The average Bonchev–Trinajstić information content (AvgIpc) is 1.84. The van der Waals surface area contributed by atoms with Crippen LogP contribution in [0.3, 0.4) is 0 Å². The summed E-state index contributed by atoms with van der Waals surface area (Å²) in [5, 5.41) is 8.26. The van der Waals surface area contributed by atoms with Crippen LogP contribution in [0.15, 0.2) is 0 Å². The Morgan fingerprint density at radius 2 is 2.17 bits per heavy atom. The van der Waals surface area contributed by atoms with Gasteiger partial charge < -0.3 is 9.84 Å². The van der Waals surface area contributed by atoms with Gasteiger partial charge in [-0.05, 0) is 13.8 Å². The summed E-state index contributed by atoms with van der Waals surface area (Å²) in [6.07, 6.45) is 0.104. The molecule has 72 valence electrons. The summed E-state index contributed by atoms with van der Waals surface area (Å²) in [5.41, 5.74) is 0. The van der Waals surface area contributed by atoms with Gasteiger partial charge in [0, 0.05) is 16.6 Å². The van der Waals surface area contributed by atoms with Crippen molar-refractivity contribution in [3.63, 3.8) is 0 Å². The molecule has 0 heterocycles. The zero-order valence-electron chi connectivity index (χ0n) is 7.28. The number of carboxylic acids is 1. The lowest BCUT2D eigenvalue weighted by Crippen LogP contribution is -2.16. The Morgan fingerprint density at radius 1 is 1.58 bits per heavy atom. The van der Waals surface area contributed by atoms with E-state index in [4.69, 9.17) is 9.84 Å². The van der Waals surface area contributed by atoms with Crippen molar-refractivity contribution >= 4 is 16.8 Å². The third kappa shape index (κ3) is 7.68. The van der Waals surface area contributed by atoms with E-state index in [-0.39, 0.29) is 11.9 Å². The van der Waals surface area contributed by atoms with Gasteiger partial charge in [0.15, 0.2) is 0 Å². The van der Waals surface area contributed by atoms with Gasteiger partial charge in [-0.25, -0.2) is 0 Å². The third-order valence-electron chi connectivity index (χ3n) is 1.05. The van der Waals surface area contributed by atoms with Gasteiger partial charge in [-0.3, -0.25) is 9.00 Å². The molecule has 0 aliphatic rings. The van der Waals surface area contributed by atoms with E-state index in [9.17, 15) is 9.00 Å². The van der Waals surface area contributed by atoms with Crippen molar-refractivity contribution in [2.24, 2.45) is 0 Å². The first-order valence-electron chi connectivity index (χ1n) is 3.70. The minimum absolute atomic E-state index is 0.104. The Kier molecular flexibility index (Phi) is 5.92. The minimum Gasteiger partial charge on any atom is -0.481 e. The number of ether oxygens (including phenoxy) is 1. The van der Waals surface area contributed by atoms with Crippen LogP contribution in [-0.4, -0.2) is 39.5 Å². The fraction of sp³-hybridized carbons (Fsp3) is 0.857. The summed E-state index contributed by atoms with van der Waals surface area (Å²) in [5.74, 6) is -1.02. The molecule has 0 aromatic rings. The zero-order chi connectivity index (χ0) is 9.56. The van der Waals surface area contributed by atoms with E-state index >= 15 is 0 Å². The molecule has 0 saturated heterocycles. The van der Waals surface area contributed by atoms with Crippen LogP contribution in [0.2, 0.25) is 0 Å². The molecule has 1 atom stereocenters. The van der Waals surface area contributed by atoms with Crippen LogP contribution in [-0.2, 0) is 20.3 Å². The van der Waals surface area contributed by atoms with Crippen LogP contribution in [0.4, 0.5) is 0 Å². The van der Waals surface area contributed by atoms with Gasteiger partial charge in [-0.15, -0.1) is 0 Å². The van der Waals surface area contributed by atoms with E-state index in [2.05, 4.69) is 0 Å². The van der Waals surface area contributed by atoms with Crippen molar-refractivity contribution in [2.45, 2.75) is 20.0 Å². The quantitative estimate of drug-likeness (QED) is 0.658. The molecule has 0 fully saturated rings.